The summed E-state index contributed by atoms with van der Waals surface area (Å²) >= 11 is 5.97. The first-order chi connectivity index (χ1) is 4.89. The first-order valence-corrected chi connectivity index (χ1v) is 3.99. The van der Waals surface area contributed by atoms with Crippen LogP contribution in [0.4, 0.5) is 0 Å². The Bertz CT molecular complexity index is 191. The molecule has 10 heavy (non-hydrogen) atoms. The summed E-state index contributed by atoms with van der Waals surface area (Å²) in [6.07, 6.45) is 12.6. The summed E-state index contributed by atoms with van der Waals surface area (Å²) in [5, 5.41) is 0.354. The van der Waals surface area contributed by atoms with Gasteiger partial charge >= 0.3 is 0 Å². The topological polar surface area (TPSA) is 0 Å². The van der Waals surface area contributed by atoms with Crippen molar-refractivity contribution in [2.24, 2.45) is 11.8 Å². The highest BCUT2D eigenvalue weighted by atomic mass is 35.5. The fourth-order valence-electron chi connectivity index (χ4n) is 1.30. The molecule has 0 N–H and O–H groups in total. The van der Waals surface area contributed by atoms with Gasteiger partial charge in [-0.25, -0.2) is 0 Å². The van der Waals surface area contributed by atoms with Gasteiger partial charge in [-0.05, 0) is 0 Å². The van der Waals surface area contributed by atoms with E-state index in [2.05, 4.69) is 24.3 Å². The van der Waals surface area contributed by atoms with Gasteiger partial charge in [0.05, 0.1) is 0 Å². The van der Waals surface area contributed by atoms with Crippen molar-refractivity contribution in [2.75, 3.05) is 0 Å². The number of alkyl halides is 1. The molecular weight excluding hydrogens is 144 g/mol. The molecule has 0 aromatic rings. The van der Waals surface area contributed by atoms with Crippen molar-refractivity contribution >= 4 is 11.6 Å². The molecule has 0 heterocycles. The molecule has 2 aliphatic rings. The molecule has 0 aromatic carbocycles. The number of rotatable bonds is 0. The minimum Gasteiger partial charge on any atom is -0.122 e. The van der Waals surface area contributed by atoms with Crippen molar-refractivity contribution in [1.82, 2.24) is 0 Å². The Hall–Kier alpha value is -0.490. The van der Waals surface area contributed by atoms with E-state index in [1.165, 1.54) is 0 Å². The van der Waals surface area contributed by atoms with Gasteiger partial charge in [-0.3, -0.25) is 0 Å². The fraction of sp³-hybridized carbons (Fsp3) is 0.333. The van der Waals surface area contributed by atoms with Gasteiger partial charge in [0.1, 0.15) is 0 Å². The van der Waals surface area contributed by atoms with Crippen LogP contribution in [0.2, 0.25) is 0 Å². The van der Waals surface area contributed by atoms with Crippen LogP contribution in [0, 0.1) is 11.8 Å². The highest BCUT2D eigenvalue weighted by Gasteiger charge is 2.44. The molecule has 1 fully saturated rings. The smallest absolute Gasteiger partial charge is 0.0473 e. The van der Waals surface area contributed by atoms with E-state index in [1.807, 2.05) is 12.2 Å². The fourth-order valence-corrected chi connectivity index (χ4v) is 1.72. The summed E-state index contributed by atoms with van der Waals surface area (Å²) in [6.45, 7) is 0. The lowest BCUT2D eigenvalue weighted by Crippen LogP contribution is -1.72. The van der Waals surface area contributed by atoms with Crippen LogP contribution in [0.25, 0.3) is 0 Å². The lowest BCUT2D eigenvalue weighted by Gasteiger charge is -1.85. The quantitative estimate of drug-likeness (QED) is 0.468. The van der Waals surface area contributed by atoms with Crippen LogP contribution in [0.15, 0.2) is 36.5 Å². The predicted octanol–water partition coefficient (Wildman–Crippen LogP) is 2.52. The van der Waals surface area contributed by atoms with Crippen LogP contribution < -0.4 is 0 Å². The third-order valence-electron chi connectivity index (χ3n) is 2.04. The zero-order valence-corrected chi connectivity index (χ0v) is 6.33. The monoisotopic (exact) mass is 152 g/mol. The second-order valence-corrected chi connectivity index (χ2v) is 3.26. The van der Waals surface area contributed by atoms with Gasteiger partial charge in [0, 0.05) is 17.2 Å². The average Bonchev–Trinajstić information content (AvgIpc) is 2.39. The maximum atomic E-state index is 5.97. The molecule has 0 aromatic heterocycles. The average molecular weight is 153 g/mol. The van der Waals surface area contributed by atoms with E-state index in [0.717, 1.165) is 0 Å². The summed E-state index contributed by atoms with van der Waals surface area (Å²) in [4.78, 5) is 0. The lowest BCUT2D eigenvalue weighted by molar-refractivity contribution is 0.993. The Labute approximate surface area is 65.9 Å². The van der Waals surface area contributed by atoms with E-state index < -0.39 is 0 Å². The summed E-state index contributed by atoms with van der Waals surface area (Å²) in [7, 11) is 0. The maximum Gasteiger partial charge on any atom is 0.0473 e. The Morgan fingerprint density at radius 3 is 1.80 bits per heavy atom. The van der Waals surface area contributed by atoms with E-state index in [9.17, 15) is 0 Å². The van der Waals surface area contributed by atoms with Crippen LogP contribution in [0.1, 0.15) is 0 Å². The van der Waals surface area contributed by atoms with E-state index in [1.54, 1.807) is 0 Å². The van der Waals surface area contributed by atoms with Crippen molar-refractivity contribution < 1.29 is 0 Å². The van der Waals surface area contributed by atoms with Crippen molar-refractivity contribution in [3.63, 3.8) is 0 Å². The zero-order chi connectivity index (χ0) is 6.97. The minimum atomic E-state index is 0.354. The zero-order valence-electron chi connectivity index (χ0n) is 5.57. The van der Waals surface area contributed by atoms with Crippen LogP contribution in [-0.4, -0.2) is 5.38 Å². The first-order valence-electron chi connectivity index (χ1n) is 3.55. The first kappa shape index (κ1) is 6.23. The van der Waals surface area contributed by atoms with E-state index in [0.29, 0.717) is 17.2 Å². The molecule has 2 unspecified atom stereocenters. The summed E-state index contributed by atoms with van der Waals surface area (Å²) < 4.78 is 0. The number of halogens is 1. The maximum absolute atomic E-state index is 5.97. The highest BCUT2D eigenvalue weighted by molar-refractivity contribution is 6.23. The second kappa shape index (κ2) is 2.28. The second-order valence-electron chi connectivity index (χ2n) is 2.75. The van der Waals surface area contributed by atoms with Gasteiger partial charge in [-0.2, -0.15) is 0 Å². The van der Waals surface area contributed by atoms with Gasteiger partial charge in [0.2, 0.25) is 0 Å². The molecule has 1 saturated carbocycles. The van der Waals surface area contributed by atoms with Gasteiger partial charge in [-0.15, -0.1) is 11.6 Å². The standard InChI is InChI=1S/C9H9Cl/c10-9-7-5-3-1-2-4-6-8(7)9/h1-9H/b2-1-,5-3-,6-4-. The van der Waals surface area contributed by atoms with Crippen LogP contribution in [0.5, 0.6) is 0 Å². The molecule has 0 saturated heterocycles. The molecule has 52 valence electrons. The third kappa shape index (κ3) is 0.929. The Morgan fingerprint density at radius 2 is 1.30 bits per heavy atom. The number of hydrogen-bond donors (Lipinski definition) is 0. The van der Waals surface area contributed by atoms with Crippen LogP contribution >= 0.6 is 11.6 Å². The molecule has 0 nitrogen and oxygen atoms in total. The van der Waals surface area contributed by atoms with Crippen LogP contribution in [0.3, 0.4) is 0 Å². The number of fused-ring (bicyclic) bond motifs is 1. The van der Waals surface area contributed by atoms with Crippen LogP contribution in [-0.2, 0) is 0 Å². The minimum absolute atomic E-state index is 0.354. The third-order valence-corrected chi connectivity index (χ3v) is 2.62. The van der Waals surface area contributed by atoms with Crippen molar-refractivity contribution in [3.05, 3.63) is 36.5 Å². The Kier molecular flexibility index (Phi) is 1.42. The SMILES string of the molecule is ClC1C2\C=C/C=C\C=C/C12. The van der Waals surface area contributed by atoms with Crippen molar-refractivity contribution in [1.29, 1.82) is 0 Å². The summed E-state index contributed by atoms with van der Waals surface area (Å²) in [5.74, 6) is 1.20. The molecule has 2 aliphatic carbocycles. The Morgan fingerprint density at radius 1 is 0.800 bits per heavy atom. The normalized spacial score (nSPS) is 51.9. The van der Waals surface area contributed by atoms with Crippen molar-refractivity contribution in [3.8, 4) is 0 Å². The molecule has 0 bridgehead atoms. The molecule has 0 spiro atoms. The number of hydrogen-bond acceptors (Lipinski definition) is 0. The van der Waals surface area contributed by atoms with Gasteiger partial charge < -0.3 is 0 Å². The van der Waals surface area contributed by atoms with E-state index in [4.69, 9.17) is 11.6 Å². The molecule has 2 rings (SSSR count). The molecule has 1 heteroatoms. The summed E-state index contributed by atoms with van der Waals surface area (Å²) in [6, 6.07) is 0. The molecule has 0 aliphatic heterocycles. The summed E-state index contributed by atoms with van der Waals surface area (Å²) in [5.41, 5.74) is 0. The van der Waals surface area contributed by atoms with Crippen molar-refractivity contribution in [2.45, 2.75) is 5.38 Å². The predicted molar refractivity (Wildman–Crippen MR) is 44.0 cm³/mol. The van der Waals surface area contributed by atoms with Gasteiger partial charge in [0.15, 0.2) is 0 Å². The van der Waals surface area contributed by atoms with Gasteiger partial charge in [-0.1, -0.05) is 36.5 Å². The Balaban J connectivity index is 2.19. The largest absolute Gasteiger partial charge is 0.122 e. The molecule has 0 radical (unpaired) electrons. The van der Waals surface area contributed by atoms with Gasteiger partial charge in [0.25, 0.3) is 0 Å². The van der Waals surface area contributed by atoms with E-state index in [-0.39, 0.29) is 0 Å². The molecule has 0 amide bonds. The number of allylic oxidation sites excluding steroid dienone is 6. The lowest BCUT2D eigenvalue weighted by atomic mass is 10.2. The molecule has 2 atom stereocenters. The molecular formula is C9H9Cl. The highest BCUT2D eigenvalue weighted by Crippen LogP contribution is 2.46. The van der Waals surface area contributed by atoms with E-state index >= 15 is 0 Å².